The Morgan fingerprint density at radius 1 is 1.50 bits per heavy atom. The molecule has 0 amide bonds. The van der Waals surface area contributed by atoms with Gasteiger partial charge < -0.3 is 10.3 Å². The molecule has 1 unspecified atom stereocenters. The van der Waals surface area contributed by atoms with Gasteiger partial charge >= 0.3 is 0 Å². The molecule has 16 heavy (non-hydrogen) atoms. The van der Waals surface area contributed by atoms with Crippen molar-refractivity contribution >= 4 is 0 Å². The minimum Gasteiger partial charge on any atom is -0.332 e. The van der Waals surface area contributed by atoms with E-state index in [2.05, 4.69) is 18.4 Å². The van der Waals surface area contributed by atoms with Crippen molar-refractivity contribution in [2.45, 2.75) is 52.5 Å². The maximum atomic E-state index is 5.58. The van der Waals surface area contributed by atoms with Crippen LogP contribution in [0.25, 0.3) is 0 Å². The van der Waals surface area contributed by atoms with Crippen LogP contribution >= 0.6 is 0 Å². The summed E-state index contributed by atoms with van der Waals surface area (Å²) in [5.41, 5.74) is 8.38. The van der Waals surface area contributed by atoms with Gasteiger partial charge in [0.1, 0.15) is 5.82 Å². The molecule has 2 heterocycles. The molecule has 3 heteroatoms. The van der Waals surface area contributed by atoms with Gasteiger partial charge in [0.15, 0.2) is 0 Å². The standard InChI is InChI=1S/C13H23N3/c1-3-13-15-11(5-4-8-14)12-7-6-10(2)9-16(12)13/h10H,3-9,14H2,1-2H3. The highest BCUT2D eigenvalue weighted by atomic mass is 15.1. The maximum absolute atomic E-state index is 5.58. The fraction of sp³-hybridized carbons (Fsp3) is 0.769. The highest BCUT2D eigenvalue weighted by Gasteiger charge is 2.21. The van der Waals surface area contributed by atoms with E-state index in [9.17, 15) is 0 Å². The third-order valence-electron chi connectivity index (χ3n) is 3.54. The van der Waals surface area contributed by atoms with E-state index in [1.807, 2.05) is 0 Å². The normalized spacial score (nSPS) is 19.8. The van der Waals surface area contributed by atoms with Crippen molar-refractivity contribution in [1.29, 1.82) is 0 Å². The van der Waals surface area contributed by atoms with E-state index in [-0.39, 0.29) is 0 Å². The van der Waals surface area contributed by atoms with Crippen LogP contribution in [0.1, 0.15) is 43.9 Å². The molecule has 0 aliphatic carbocycles. The van der Waals surface area contributed by atoms with Crippen molar-refractivity contribution < 1.29 is 0 Å². The van der Waals surface area contributed by atoms with E-state index in [1.54, 1.807) is 0 Å². The molecular weight excluding hydrogens is 198 g/mol. The highest BCUT2D eigenvalue weighted by Crippen LogP contribution is 2.25. The van der Waals surface area contributed by atoms with Crippen molar-refractivity contribution in [3.05, 3.63) is 17.2 Å². The molecule has 1 aromatic heterocycles. The van der Waals surface area contributed by atoms with Gasteiger partial charge in [-0.3, -0.25) is 0 Å². The van der Waals surface area contributed by atoms with Crippen molar-refractivity contribution in [2.75, 3.05) is 6.54 Å². The number of nitrogens with zero attached hydrogens (tertiary/aromatic N) is 2. The molecule has 0 saturated heterocycles. The van der Waals surface area contributed by atoms with Gasteiger partial charge in [0.05, 0.1) is 5.69 Å². The number of aromatic nitrogens is 2. The Bertz CT molecular complexity index is 354. The Labute approximate surface area is 98.1 Å². The second kappa shape index (κ2) is 5.00. The van der Waals surface area contributed by atoms with Gasteiger partial charge in [0, 0.05) is 18.7 Å². The van der Waals surface area contributed by atoms with Crippen LogP contribution in [-0.2, 0) is 25.8 Å². The van der Waals surface area contributed by atoms with E-state index < -0.39 is 0 Å². The fourth-order valence-electron chi connectivity index (χ4n) is 2.61. The van der Waals surface area contributed by atoms with E-state index in [4.69, 9.17) is 10.7 Å². The highest BCUT2D eigenvalue weighted by molar-refractivity contribution is 5.20. The van der Waals surface area contributed by atoms with Crippen molar-refractivity contribution in [1.82, 2.24) is 9.55 Å². The third kappa shape index (κ3) is 2.14. The summed E-state index contributed by atoms with van der Waals surface area (Å²) < 4.78 is 2.46. The number of hydrogen-bond acceptors (Lipinski definition) is 2. The van der Waals surface area contributed by atoms with Crippen molar-refractivity contribution in [3.8, 4) is 0 Å². The smallest absolute Gasteiger partial charge is 0.108 e. The van der Waals surface area contributed by atoms with Gasteiger partial charge in [-0.1, -0.05) is 13.8 Å². The molecular formula is C13H23N3. The van der Waals surface area contributed by atoms with Gasteiger partial charge in [-0.15, -0.1) is 0 Å². The average molecular weight is 221 g/mol. The van der Waals surface area contributed by atoms with Crippen LogP contribution in [0.3, 0.4) is 0 Å². The average Bonchev–Trinajstić information content (AvgIpc) is 2.63. The van der Waals surface area contributed by atoms with Crippen LogP contribution in [-0.4, -0.2) is 16.1 Å². The van der Waals surface area contributed by atoms with Crippen molar-refractivity contribution in [2.24, 2.45) is 11.7 Å². The molecule has 1 aliphatic rings. The van der Waals surface area contributed by atoms with Crippen LogP contribution in [0.2, 0.25) is 0 Å². The summed E-state index contributed by atoms with van der Waals surface area (Å²) in [6.07, 6.45) is 5.67. The van der Waals surface area contributed by atoms with Crippen molar-refractivity contribution in [3.63, 3.8) is 0 Å². The molecule has 0 spiro atoms. The SMILES string of the molecule is CCc1nc(CCCN)c2n1CC(C)CC2. The van der Waals surface area contributed by atoms with Crippen LogP contribution in [0.4, 0.5) is 0 Å². The predicted molar refractivity (Wildman–Crippen MR) is 66.5 cm³/mol. The molecule has 0 aromatic carbocycles. The minimum atomic E-state index is 0.768. The zero-order chi connectivity index (χ0) is 11.5. The van der Waals surface area contributed by atoms with Crippen LogP contribution < -0.4 is 5.73 Å². The number of aryl methyl sites for hydroxylation is 2. The quantitative estimate of drug-likeness (QED) is 0.844. The minimum absolute atomic E-state index is 0.768. The summed E-state index contributed by atoms with van der Waals surface area (Å²) in [6, 6.07) is 0. The molecule has 0 bridgehead atoms. The predicted octanol–water partition coefficient (Wildman–Crippen LogP) is 1.92. The lowest BCUT2D eigenvalue weighted by Crippen LogP contribution is -2.20. The summed E-state index contributed by atoms with van der Waals surface area (Å²) in [6.45, 7) is 6.46. The van der Waals surface area contributed by atoms with Crippen LogP contribution in [0, 0.1) is 5.92 Å². The molecule has 2 N–H and O–H groups in total. The Morgan fingerprint density at radius 3 is 3.00 bits per heavy atom. The first-order valence-electron chi connectivity index (χ1n) is 6.53. The first kappa shape index (κ1) is 11.6. The van der Waals surface area contributed by atoms with Gasteiger partial charge in [-0.2, -0.15) is 0 Å². The Morgan fingerprint density at radius 2 is 2.31 bits per heavy atom. The lowest BCUT2D eigenvalue weighted by Gasteiger charge is -2.22. The van der Waals surface area contributed by atoms with E-state index in [1.165, 1.54) is 30.1 Å². The molecule has 1 aliphatic heterocycles. The van der Waals surface area contributed by atoms with E-state index >= 15 is 0 Å². The topological polar surface area (TPSA) is 43.8 Å². The van der Waals surface area contributed by atoms with Gasteiger partial charge in [0.25, 0.3) is 0 Å². The number of imidazole rings is 1. The van der Waals surface area contributed by atoms with Crippen LogP contribution in [0.15, 0.2) is 0 Å². The molecule has 0 saturated carbocycles. The zero-order valence-electron chi connectivity index (χ0n) is 10.5. The largest absolute Gasteiger partial charge is 0.332 e. The van der Waals surface area contributed by atoms with Gasteiger partial charge in [-0.05, 0) is 38.1 Å². The summed E-state index contributed by atoms with van der Waals surface area (Å²) in [4.78, 5) is 4.79. The lowest BCUT2D eigenvalue weighted by molar-refractivity contribution is 0.390. The summed E-state index contributed by atoms with van der Waals surface area (Å²) in [5, 5.41) is 0. The summed E-state index contributed by atoms with van der Waals surface area (Å²) >= 11 is 0. The van der Waals surface area contributed by atoms with E-state index in [0.717, 1.165) is 38.3 Å². The van der Waals surface area contributed by atoms with Crippen LogP contribution in [0.5, 0.6) is 0 Å². The fourth-order valence-corrected chi connectivity index (χ4v) is 2.61. The molecule has 3 nitrogen and oxygen atoms in total. The Hall–Kier alpha value is -0.830. The lowest BCUT2D eigenvalue weighted by atomic mass is 9.98. The molecule has 1 aromatic rings. The molecule has 1 atom stereocenters. The summed E-state index contributed by atoms with van der Waals surface area (Å²) in [5.74, 6) is 2.07. The molecule has 0 radical (unpaired) electrons. The third-order valence-corrected chi connectivity index (χ3v) is 3.54. The number of fused-ring (bicyclic) bond motifs is 1. The maximum Gasteiger partial charge on any atom is 0.108 e. The second-order valence-electron chi connectivity index (χ2n) is 4.92. The number of nitrogens with two attached hydrogens (primary N) is 1. The number of rotatable bonds is 4. The molecule has 90 valence electrons. The first-order valence-corrected chi connectivity index (χ1v) is 6.53. The second-order valence-corrected chi connectivity index (χ2v) is 4.92. The Balaban J connectivity index is 2.26. The van der Waals surface area contributed by atoms with Gasteiger partial charge in [-0.25, -0.2) is 4.98 Å². The molecule has 0 fully saturated rings. The molecule has 2 rings (SSSR count). The first-order chi connectivity index (χ1) is 7.76. The number of hydrogen-bond donors (Lipinski definition) is 1. The Kier molecular flexibility index (Phi) is 3.64. The van der Waals surface area contributed by atoms with E-state index in [0.29, 0.717) is 0 Å². The zero-order valence-corrected chi connectivity index (χ0v) is 10.5. The monoisotopic (exact) mass is 221 g/mol. The summed E-state index contributed by atoms with van der Waals surface area (Å²) in [7, 11) is 0. The van der Waals surface area contributed by atoms with Gasteiger partial charge in [0.2, 0.25) is 0 Å².